The molecule has 200 valence electrons. The van der Waals surface area contributed by atoms with Crippen LogP contribution in [0.25, 0.3) is 11.0 Å². The monoisotopic (exact) mass is 517 g/mol. The van der Waals surface area contributed by atoms with Gasteiger partial charge in [0, 0.05) is 18.2 Å². The van der Waals surface area contributed by atoms with Crippen LogP contribution in [0.1, 0.15) is 71.0 Å². The number of hydrogen-bond donors (Lipinski definition) is 1. The molecule has 0 unspecified atom stereocenters. The second-order valence-electron chi connectivity index (χ2n) is 10.8. The van der Waals surface area contributed by atoms with Crippen molar-refractivity contribution in [2.45, 2.75) is 83.7 Å². The number of nitrogens with zero attached hydrogens (tertiary/aromatic N) is 2. The Hall–Kier alpha value is -3.07. The van der Waals surface area contributed by atoms with Gasteiger partial charge >= 0.3 is 12.1 Å². The van der Waals surface area contributed by atoms with Crippen LogP contribution in [0.2, 0.25) is 0 Å². The Morgan fingerprint density at radius 1 is 1.11 bits per heavy atom. The topological polar surface area (TPSA) is 65.4 Å². The zero-order valence-electron chi connectivity index (χ0n) is 21.9. The van der Waals surface area contributed by atoms with E-state index in [0.717, 1.165) is 41.6 Å². The van der Waals surface area contributed by atoms with Crippen LogP contribution in [0, 0.1) is 0 Å². The summed E-state index contributed by atoms with van der Waals surface area (Å²) in [7, 11) is 0. The van der Waals surface area contributed by atoms with Gasteiger partial charge in [0.2, 0.25) is 5.95 Å². The molecule has 3 aromatic rings. The summed E-state index contributed by atoms with van der Waals surface area (Å²) in [5.41, 5.74) is 1.69. The largest absolute Gasteiger partial charge is 0.466 e. The van der Waals surface area contributed by atoms with Gasteiger partial charge in [-0.1, -0.05) is 6.07 Å². The lowest BCUT2D eigenvalue weighted by Gasteiger charge is -2.46. The van der Waals surface area contributed by atoms with Crippen molar-refractivity contribution in [3.8, 4) is 0 Å². The van der Waals surface area contributed by atoms with Crippen LogP contribution in [-0.4, -0.2) is 33.3 Å². The van der Waals surface area contributed by atoms with Gasteiger partial charge in [-0.05, 0) is 95.8 Å². The van der Waals surface area contributed by atoms with Gasteiger partial charge in [0.25, 0.3) is 0 Å². The number of esters is 1. The molecule has 0 aliphatic carbocycles. The Morgan fingerprint density at radius 3 is 2.35 bits per heavy atom. The van der Waals surface area contributed by atoms with Crippen molar-refractivity contribution in [1.29, 1.82) is 0 Å². The maximum atomic E-state index is 13.1. The number of carbonyl (C=O) groups excluding carboxylic acids is 1. The minimum Gasteiger partial charge on any atom is -0.466 e. The molecule has 0 spiro atoms. The van der Waals surface area contributed by atoms with E-state index in [1.807, 2.05) is 18.2 Å². The van der Waals surface area contributed by atoms with Crippen molar-refractivity contribution in [2.24, 2.45) is 0 Å². The molecule has 4 rings (SSSR count). The summed E-state index contributed by atoms with van der Waals surface area (Å²) in [5.74, 6) is 0.306. The Labute approximate surface area is 215 Å². The number of imidazole rings is 1. The van der Waals surface area contributed by atoms with Gasteiger partial charge in [-0.2, -0.15) is 13.2 Å². The molecule has 0 atom stereocenters. The highest BCUT2D eigenvalue weighted by atomic mass is 19.4. The van der Waals surface area contributed by atoms with E-state index in [-0.39, 0.29) is 29.6 Å². The van der Waals surface area contributed by atoms with Crippen molar-refractivity contribution in [3.05, 3.63) is 53.6 Å². The number of halogens is 3. The van der Waals surface area contributed by atoms with E-state index in [0.29, 0.717) is 24.7 Å². The number of hydrogen-bond acceptors (Lipinski definition) is 5. The van der Waals surface area contributed by atoms with Gasteiger partial charge in [0.15, 0.2) is 0 Å². The molecule has 6 nitrogen and oxygen atoms in total. The van der Waals surface area contributed by atoms with Crippen molar-refractivity contribution >= 4 is 28.6 Å². The second kappa shape index (κ2) is 10.0. The fourth-order valence-corrected chi connectivity index (χ4v) is 5.33. The first-order valence-electron chi connectivity index (χ1n) is 12.6. The van der Waals surface area contributed by atoms with Crippen LogP contribution in [0.4, 0.5) is 24.8 Å². The lowest BCUT2D eigenvalue weighted by atomic mass is 9.85. The summed E-state index contributed by atoms with van der Waals surface area (Å²) in [6.07, 6.45) is -2.10. The molecule has 1 fully saturated rings. The quantitative estimate of drug-likeness (QED) is 0.336. The number of ether oxygens (including phenoxy) is 2. The summed E-state index contributed by atoms with van der Waals surface area (Å²) in [5, 5.41) is 3.25. The number of aromatic nitrogens is 2. The fraction of sp³-hybridized carbons (Fsp3) is 0.500. The summed E-state index contributed by atoms with van der Waals surface area (Å²) < 4.78 is 52.6. The number of aryl methyl sites for hydroxylation is 1. The van der Waals surface area contributed by atoms with Gasteiger partial charge in [0.05, 0.1) is 34.4 Å². The van der Waals surface area contributed by atoms with E-state index in [2.05, 4.69) is 37.6 Å². The minimum atomic E-state index is -4.40. The highest BCUT2D eigenvalue weighted by molar-refractivity contribution is 5.81. The first-order chi connectivity index (χ1) is 17.3. The molecular weight excluding hydrogens is 483 g/mol. The average molecular weight is 518 g/mol. The fourth-order valence-electron chi connectivity index (χ4n) is 5.33. The predicted octanol–water partition coefficient (Wildman–Crippen LogP) is 7.20. The van der Waals surface area contributed by atoms with Crippen molar-refractivity contribution in [2.75, 3.05) is 11.9 Å². The van der Waals surface area contributed by atoms with E-state index >= 15 is 0 Å². The third kappa shape index (κ3) is 6.44. The molecule has 9 heteroatoms. The van der Waals surface area contributed by atoms with Crippen LogP contribution < -0.4 is 5.32 Å². The van der Waals surface area contributed by atoms with E-state index in [1.165, 1.54) is 12.1 Å². The number of fused-ring (bicyclic) bond motifs is 1. The van der Waals surface area contributed by atoms with Crippen molar-refractivity contribution < 1.29 is 27.4 Å². The van der Waals surface area contributed by atoms with Crippen LogP contribution >= 0.6 is 0 Å². The lowest BCUT2D eigenvalue weighted by Crippen LogP contribution is -2.45. The van der Waals surface area contributed by atoms with Crippen LogP contribution in [-0.2, 0) is 26.9 Å². The molecule has 0 radical (unpaired) electrons. The maximum absolute atomic E-state index is 13.1. The van der Waals surface area contributed by atoms with Gasteiger partial charge in [-0.3, -0.25) is 4.79 Å². The van der Waals surface area contributed by atoms with E-state index in [4.69, 9.17) is 14.5 Å². The van der Waals surface area contributed by atoms with Crippen LogP contribution in [0.3, 0.4) is 0 Å². The Balaban J connectivity index is 1.72. The maximum Gasteiger partial charge on any atom is 0.416 e. The van der Waals surface area contributed by atoms with Crippen molar-refractivity contribution in [1.82, 2.24) is 9.55 Å². The molecular formula is C28H34F3N3O3. The predicted molar refractivity (Wildman–Crippen MR) is 137 cm³/mol. The molecule has 0 saturated carbocycles. The molecule has 1 N–H and O–H groups in total. The Bertz CT molecular complexity index is 1250. The molecule has 37 heavy (non-hydrogen) atoms. The van der Waals surface area contributed by atoms with Crippen LogP contribution in [0.5, 0.6) is 0 Å². The number of alkyl halides is 3. The van der Waals surface area contributed by atoms with E-state index < -0.39 is 11.7 Å². The minimum absolute atomic E-state index is 0.0473. The number of nitrogens with one attached hydrogen (secondary N) is 1. The first kappa shape index (κ1) is 27.0. The highest BCUT2D eigenvalue weighted by Crippen LogP contribution is 2.44. The Morgan fingerprint density at radius 2 is 1.76 bits per heavy atom. The number of anilines is 2. The van der Waals surface area contributed by atoms with E-state index in [1.54, 1.807) is 6.92 Å². The third-order valence-electron chi connectivity index (χ3n) is 6.52. The smallest absolute Gasteiger partial charge is 0.416 e. The average Bonchev–Trinajstić information content (AvgIpc) is 3.12. The van der Waals surface area contributed by atoms with Crippen LogP contribution in [0.15, 0.2) is 42.5 Å². The summed E-state index contributed by atoms with van der Waals surface area (Å²) >= 11 is 0. The third-order valence-corrected chi connectivity index (χ3v) is 6.52. The zero-order valence-corrected chi connectivity index (χ0v) is 21.9. The van der Waals surface area contributed by atoms with Gasteiger partial charge in [-0.15, -0.1) is 0 Å². The molecule has 1 aromatic heterocycles. The van der Waals surface area contributed by atoms with Gasteiger partial charge in [0.1, 0.15) is 0 Å². The summed E-state index contributed by atoms with van der Waals surface area (Å²) in [6, 6.07) is 10.9. The molecule has 1 saturated heterocycles. The lowest BCUT2D eigenvalue weighted by molar-refractivity contribution is -0.168. The number of carbonyl (C=O) groups is 1. The van der Waals surface area contributed by atoms with Gasteiger partial charge < -0.3 is 19.4 Å². The van der Waals surface area contributed by atoms with Gasteiger partial charge in [-0.25, -0.2) is 4.98 Å². The first-order valence-corrected chi connectivity index (χ1v) is 12.6. The molecule has 0 bridgehead atoms. The zero-order chi connectivity index (χ0) is 27.0. The number of rotatable bonds is 7. The standard InChI is InChI=1S/C28H34F3N3O3/c1-6-36-24(35)14-8-18-7-13-23-22(15-18)33-25(32-20-11-9-19(10-12-20)28(29,30)31)34(23)21-16-26(2,3)37-27(4,5)17-21/h7,9-13,15,21H,6,8,14,16-17H2,1-5H3,(H,32,33). The molecule has 2 heterocycles. The Kier molecular flexibility index (Phi) is 7.29. The van der Waals surface area contributed by atoms with E-state index in [9.17, 15) is 18.0 Å². The molecule has 1 aliphatic heterocycles. The molecule has 2 aromatic carbocycles. The molecule has 0 amide bonds. The summed E-state index contributed by atoms with van der Waals surface area (Å²) in [6.45, 7) is 10.4. The highest BCUT2D eigenvalue weighted by Gasteiger charge is 2.41. The molecule has 1 aliphatic rings. The van der Waals surface area contributed by atoms with Crippen molar-refractivity contribution in [3.63, 3.8) is 0 Å². The SMILES string of the molecule is CCOC(=O)CCc1ccc2c(c1)nc(Nc1ccc(C(F)(F)F)cc1)n2C1CC(C)(C)OC(C)(C)C1. The number of benzene rings is 2. The second-order valence-corrected chi connectivity index (χ2v) is 10.8. The summed E-state index contributed by atoms with van der Waals surface area (Å²) in [4.78, 5) is 16.7. The normalized spacial score (nSPS) is 17.6.